The van der Waals surface area contributed by atoms with Gasteiger partial charge in [-0.25, -0.2) is 0 Å². The number of fused-ring (bicyclic) bond motifs is 1. The van der Waals surface area contributed by atoms with E-state index in [4.69, 9.17) is 9.47 Å². The molecule has 0 aliphatic carbocycles. The summed E-state index contributed by atoms with van der Waals surface area (Å²) >= 11 is 0. The highest BCUT2D eigenvalue weighted by Crippen LogP contribution is 2.30. The second kappa shape index (κ2) is 9.51. The second-order valence-corrected chi connectivity index (χ2v) is 6.08. The van der Waals surface area contributed by atoms with Gasteiger partial charge in [0.15, 0.2) is 17.5 Å². The molecule has 1 aromatic carbocycles. The number of guanidine groups is 1. The molecule has 26 heavy (non-hydrogen) atoms. The van der Waals surface area contributed by atoms with Gasteiger partial charge in [0.2, 0.25) is 0 Å². The summed E-state index contributed by atoms with van der Waals surface area (Å²) in [6.07, 6.45) is -3.74. The standard InChI is InChI=1S/C17H25F3N4O2/c1-21-16(22-8-5-9-24(2)12-17(18,19)20)23-10-13-11-25-14-6-3-4-7-15(14)26-13/h3-4,6-7,13H,5,8-12H2,1-2H3,(H2,21,22,23). The third kappa shape index (κ3) is 6.99. The van der Waals surface area contributed by atoms with E-state index in [0.29, 0.717) is 44.4 Å². The maximum absolute atomic E-state index is 12.3. The summed E-state index contributed by atoms with van der Waals surface area (Å²) in [4.78, 5) is 5.35. The monoisotopic (exact) mass is 374 g/mol. The molecule has 146 valence electrons. The number of aliphatic imine (C=N–C) groups is 1. The molecule has 9 heteroatoms. The molecule has 1 aromatic rings. The minimum absolute atomic E-state index is 0.152. The van der Waals surface area contributed by atoms with Gasteiger partial charge < -0.3 is 20.1 Å². The van der Waals surface area contributed by atoms with E-state index in [-0.39, 0.29) is 6.10 Å². The van der Waals surface area contributed by atoms with Crippen LogP contribution in [0.5, 0.6) is 11.5 Å². The van der Waals surface area contributed by atoms with E-state index < -0.39 is 12.7 Å². The number of halogens is 3. The molecule has 1 aliphatic heterocycles. The summed E-state index contributed by atoms with van der Waals surface area (Å²) in [6, 6.07) is 7.48. The maximum atomic E-state index is 12.3. The van der Waals surface area contributed by atoms with Crippen LogP contribution >= 0.6 is 0 Å². The fourth-order valence-corrected chi connectivity index (χ4v) is 2.54. The van der Waals surface area contributed by atoms with Crippen molar-refractivity contribution < 1.29 is 22.6 Å². The normalized spacial score (nSPS) is 17.3. The Morgan fingerprint density at radius 2 is 2.00 bits per heavy atom. The van der Waals surface area contributed by atoms with Crippen LogP contribution in [-0.4, -0.2) is 70.0 Å². The minimum atomic E-state index is -4.17. The molecule has 0 amide bonds. The van der Waals surface area contributed by atoms with E-state index in [9.17, 15) is 13.2 Å². The zero-order valence-corrected chi connectivity index (χ0v) is 15.0. The molecule has 0 fully saturated rings. The van der Waals surface area contributed by atoms with Crippen LogP contribution in [0.25, 0.3) is 0 Å². The lowest BCUT2D eigenvalue weighted by Gasteiger charge is -2.27. The minimum Gasteiger partial charge on any atom is -0.486 e. The van der Waals surface area contributed by atoms with Gasteiger partial charge in [-0.3, -0.25) is 9.89 Å². The first-order valence-electron chi connectivity index (χ1n) is 8.45. The van der Waals surface area contributed by atoms with E-state index in [1.807, 2.05) is 24.3 Å². The number of para-hydroxylation sites is 2. The van der Waals surface area contributed by atoms with Gasteiger partial charge >= 0.3 is 6.18 Å². The van der Waals surface area contributed by atoms with Gasteiger partial charge in [-0.15, -0.1) is 0 Å². The third-order valence-electron chi connectivity index (χ3n) is 3.75. The number of hydrogen-bond acceptors (Lipinski definition) is 4. The number of alkyl halides is 3. The number of benzene rings is 1. The Bertz CT molecular complexity index is 596. The number of rotatable bonds is 7. The number of nitrogens with one attached hydrogen (secondary N) is 2. The van der Waals surface area contributed by atoms with Crippen molar-refractivity contribution in [1.82, 2.24) is 15.5 Å². The van der Waals surface area contributed by atoms with Crippen molar-refractivity contribution >= 4 is 5.96 Å². The lowest BCUT2D eigenvalue weighted by molar-refractivity contribution is -0.143. The lowest BCUT2D eigenvalue weighted by atomic mass is 10.2. The molecule has 0 radical (unpaired) electrons. The van der Waals surface area contributed by atoms with Crippen LogP contribution in [0.2, 0.25) is 0 Å². The Hall–Kier alpha value is -2.16. The Labute approximate surface area is 151 Å². The summed E-state index contributed by atoms with van der Waals surface area (Å²) in [5.41, 5.74) is 0. The van der Waals surface area contributed by atoms with Gasteiger partial charge in [0.1, 0.15) is 12.7 Å². The van der Waals surface area contributed by atoms with Crippen LogP contribution in [0.15, 0.2) is 29.3 Å². The van der Waals surface area contributed by atoms with E-state index in [2.05, 4.69) is 15.6 Å². The maximum Gasteiger partial charge on any atom is 0.401 e. The summed E-state index contributed by atoms with van der Waals surface area (Å²) in [6.45, 7) is 0.901. The first-order chi connectivity index (χ1) is 12.4. The van der Waals surface area contributed by atoms with Gasteiger partial charge in [0, 0.05) is 13.6 Å². The van der Waals surface area contributed by atoms with Crippen LogP contribution < -0.4 is 20.1 Å². The van der Waals surface area contributed by atoms with Crippen molar-refractivity contribution in [2.24, 2.45) is 4.99 Å². The molecule has 0 saturated heterocycles. The van der Waals surface area contributed by atoms with E-state index in [1.54, 1.807) is 7.05 Å². The predicted molar refractivity (Wildman–Crippen MR) is 93.9 cm³/mol. The van der Waals surface area contributed by atoms with Crippen LogP contribution in [0.3, 0.4) is 0 Å². The molecule has 0 saturated carbocycles. The fourth-order valence-electron chi connectivity index (χ4n) is 2.54. The van der Waals surface area contributed by atoms with Crippen molar-refractivity contribution in [2.75, 3.05) is 46.9 Å². The molecule has 1 aliphatic rings. The van der Waals surface area contributed by atoms with Crippen molar-refractivity contribution in [1.29, 1.82) is 0 Å². The van der Waals surface area contributed by atoms with E-state index in [0.717, 1.165) is 5.75 Å². The largest absolute Gasteiger partial charge is 0.486 e. The van der Waals surface area contributed by atoms with Crippen molar-refractivity contribution in [3.8, 4) is 11.5 Å². The van der Waals surface area contributed by atoms with Crippen molar-refractivity contribution in [3.63, 3.8) is 0 Å². The second-order valence-electron chi connectivity index (χ2n) is 6.08. The van der Waals surface area contributed by atoms with Gasteiger partial charge in [-0.2, -0.15) is 13.2 Å². The Morgan fingerprint density at radius 3 is 2.69 bits per heavy atom. The van der Waals surface area contributed by atoms with Crippen LogP contribution in [0, 0.1) is 0 Å². The topological polar surface area (TPSA) is 58.1 Å². The smallest absolute Gasteiger partial charge is 0.401 e. The summed E-state index contributed by atoms with van der Waals surface area (Å²) < 4.78 is 48.3. The molecule has 2 N–H and O–H groups in total. The summed E-state index contributed by atoms with van der Waals surface area (Å²) in [5, 5.41) is 6.22. The first-order valence-corrected chi connectivity index (χ1v) is 8.45. The Balaban J connectivity index is 1.64. The molecule has 1 unspecified atom stereocenters. The van der Waals surface area contributed by atoms with Crippen LogP contribution in [0.1, 0.15) is 6.42 Å². The zero-order chi connectivity index (χ0) is 19.0. The molecule has 1 atom stereocenters. The highest BCUT2D eigenvalue weighted by Gasteiger charge is 2.28. The summed E-state index contributed by atoms with van der Waals surface area (Å²) in [5.74, 6) is 2.02. The quantitative estimate of drug-likeness (QED) is 0.434. The highest BCUT2D eigenvalue weighted by atomic mass is 19.4. The number of hydrogen-bond donors (Lipinski definition) is 2. The van der Waals surface area contributed by atoms with E-state index >= 15 is 0 Å². The molecule has 2 rings (SSSR count). The van der Waals surface area contributed by atoms with Gasteiger partial charge in [-0.05, 0) is 32.1 Å². The van der Waals surface area contributed by atoms with Gasteiger partial charge in [0.05, 0.1) is 13.1 Å². The molecular weight excluding hydrogens is 349 g/mol. The Kier molecular flexibility index (Phi) is 7.38. The van der Waals surface area contributed by atoms with Crippen molar-refractivity contribution in [3.05, 3.63) is 24.3 Å². The lowest BCUT2D eigenvalue weighted by Crippen LogP contribution is -2.45. The van der Waals surface area contributed by atoms with Crippen LogP contribution in [0.4, 0.5) is 13.2 Å². The third-order valence-corrected chi connectivity index (χ3v) is 3.75. The Morgan fingerprint density at radius 1 is 1.27 bits per heavy atom. The molecule has 0 aromatic heterocycles. The number of nitrogens with zero attached hydrogens (tertiary/aromatic N) is 2. The molecule has 1 heterocycles. The highest BCUT2D eigenvalue weighted by molar-refractivity contribution is 5.79. The van der Waals surface area contributed by atoms with Crippen molar-refractivity contribution in [2.45, 2.75) is 18.7 Å². The van der Waals surface area contributed by atoms with Crippen LogP contribution in [-0.2, 0) is 0 Å². The molecular formula is C17H25F3N4O2. The van der Waals surface area contributed by atoms with Gasteiger partial charge in [-0.1, -0.05) is 12.1 Å². The number of ether oxygens (including phenoxy) is 2. The molecule has 6 nitrogen and oxygen atoms in total. The predicted octanol–water partition coefficient (Wildman–Crippen LogP) is 1.88. The van der Waals surface area contributed by atoms with E-state index in [1.165, 1.54) is 11.9 Å². The average molecular weight is 374 g/mol. The first kappa shape index (κ1) is 20.2. The van der Waals surface area contributed by atoms with Gasteiger partial charge in [0.25, 0.3) is 0 Å². The summed E-state index contributed by atoms with van der Waals surface area (Å²) in [7, 11) is 3.09. The zero-order valence-electron chi connectivity index (χ0n) is 15.0. The molecule has 0 bridgehead atoms. The molecule has 0 spiro atoms. The average Bonchev–Trinajstić information content (AvgIpc) is 2.59. The fraction of sp³-hybridized carbons (Fsp3) is 0.588. The SMILES string of the molecule is CN=C(NCCCN(C)CC(F)(F)F)NCC1COc2ccccc2O1.